The second-order valence-electron chi connectivity index (χ2n) is 4.01. The van der Waals surface area contributed by atoms with Gasteiger partial charge in [0.1, 0.15) is 11.8 Å². The molecule has 0 bridgehead atoms. The van der Waals surface area contributed by atoms with Gasteiger partial charge in [0.05, 0.1) is 0 Å². The minimum absolute atomic E-state index is 0.206. The molecule has 4 nitrogen and oxygen atoms in total. The van der Waals surface area contributed by atoms with Crippen LogP contribution in [0, 0.1) is 0 Å². The quantitative estimate of drug-likeness (QED) is 0.531. The normalized spacial score (nSPS) is 20.2. The summed E-state index contributed by atoms with van der Waals surface area (Å²) >= 11 is 0. The molecular weight excluding hydrogens is 228 g/mol. The lowest BCUT2D eigenvalue weighted by atomic mass is 10.1. The largest absolute Gasteiger partial charge is 0.451 e. The number of cyclic esters (lactones) is 1. The Morgan fingerprint density at radius 1 is 1.33 bits per heavy atom. The van der Waals surface area contributed by atoms with Crippen molar-refractivity contribution in [2.45, 2.75) is 26.4 Å². The molecular formula is C14H22N2O2. The molecule has 0 saturated heterocycles. The molecule has 0 radical (unpaired) electrons. The fourth-order valence-corrected chi connectivity index (χ4v) is 1.78. The van der Waals surface area contributed by atoms with Gasteiger partial charge in [-0.05, 0) is 20.4 Å². The number of hydrogen-bond acceptors (Lipinski definition) is 4. The van der Waals surface area contributed by atoms with Crippen LogP contribution in [0.5, 0.6) is 0 Å². The molecule has 1 aliphatic rings. The van der Waals surface area contributed by atoms with E-state index in [2.05, 4.69) is 23.6 Å². The van der Waals surface area contributed by atoms with E-state index in [1.165, 1.54) is 0 Å². The summed E-state index contributed by atoms with van der Waals surface area (Å²) in [5, 5.41) is 6.11. The average Bonchev–Trinajstić information content (AvgIpc) is 2.63. The molecule has 0 aliphatic carbocycles. The van der Waals surface area contributed by atoms with Gasteiger partial charge in [-0.2, -0.15) is 0 Å². The molecule has 1 atom stereocenters. The van der Waals surface area contributed by atoms with Crippen LogP contribution in [-0.2, 0) is 9.53 Å². The van der Waals surface area contributed by atoms with Crippen molar-refractivity contribution in [1.29, 1.82) is 0 Å². The van der Waals surface area contributed by atoms with E-state index in [0.29, 0.717) is 18.8 Å². The van der Waals surface area contributed by atoms with E-state index in [1.54, 1.807) is 0 Å². The van der Waals surface area contributed by atoms with Gasteiger partial charge >= 0.3 is 5.97 Å². The van der Waals surface area contributed by atoms with Gasteiger partial charge in [0, 0.05) is 18.7 Å². The standard InChI is InChI=1S/C14H22N2O2/c1-4-6-7-8-9-11-12(10-15-3)18-14(17)13(11)16-5-2/h6-9,12,15-16H,4-5,10H2,1-3H3/b7-6+,9-8-. The lowest BCUT2D eigenvalue weighted by Crippen LogP contribution is -2.25. The molecule has 0 aromatic carbocycles. The molecule has 1 unspecified atom stereocenters. The zero-order valence-electron chi connectivity index (χ0n) is 11.3. The second kappa shape index (κ2) is 7.71. The highest BCUT2D eigenvalue weighted by Crippen LogP contribution is 2.22. The number of carbonyl (C=O) groups is 1. The summed E-state index contributed by atoms with van der Waals surface area (Å²) in [7, 11) is 1.84. The van der Waals surface area contributed by atoms with E-state index in [4.69, 9.17) is 4.74 Å². The van der Waals surface area contributed by atoms with Gasteiger partial charge in [-0.3, -0.25) is 0 Å². The topological polar surface area (TPSA) is 50.4 Å². The number of rotatable bonds is 7. The number of carbonyl (C=O) groups excluding carboxylic acids is 1. The maximum absolute atomic E-state index is 11.7. The van der Waals surface area contributed by atoms with Crippen molar-refractivity contribution < 1.29 is 9.53 Å². The van der Waals surface area contributed by atoms with Gasteiger partial charge in [-0.25, -0.2) is 4.79 Å². The number of allylic oxidation sites excluding steroid dienone is 3. The van der Waals surface area contributed by atoms with E-state index in [9.17, 15) is 4.79 Å². The second-order valence-corrected chi connectivity index (χ2v) is 4.01. The fourth-order valence-electron chi connectivity index (χ4n) is 1.78. The Bertz CT molecular complexity index is 370. The Morgan fingerprint density at radius 2 is 2.11 bits per heavy atom. The molecule has 0 fully saturated rings. The summed E-state index contributed by atoms with van der Waals surface area (Å²) < 4.78 is 5.32. The van der Waals surface area contributed by atoms with Crippen LogP contribution in [0.1, 0.15) is 20.3 Å². The molecule has 0 aromatic heterocycles. The SMILES string of the molecule is CC/C=C/C=C\C1=C(NCC)C(=O)OC1CNC. The zero-order valence-corrected chi connectivity index (χ0v) is 11.3. The van der Waals surface area contributed by atoms with Crippen molar-refractivity contribution in [3.63, 3.8) is 0 Å². The molecule has 2 N–H and O–H groups in total. The predicted octanol–water partition coefficient (Wildman–Crippen LogP) is 1.52. The van der Waals surface area contributed by atoms with Gasteiger partial charge < -0.3 is 15.4 Å². The Labute approximate surface area is 109 Å². The van der Waals surface area contributed by atoms with Gasteiger partial charge in [0.2, 0.25) is 0 Å². The van der Waals surface area contributed by atoms with Crippen LogP contribution in [0.25, 0.3) is 0 Å². The van der Waals surface area contributed by atoms with Crippen molar-refractivity contribution >= 4 is 5.97 Å². The smallest absolute Gasteiger partial charge is 0.355 e. The van der Waals surface area contributed by atoms with Crippen molar-refractivity contribution in [1.82, 2.24) is 10.6 Å². The fraction of sp³-hybridized carbons (Fsp3) is 0.500. The summed E-state index contributed by atoms with van der Waals surface area (Å²) in [6, 6.07) is 0. The minimum Gasteiger partial charge on any atom is -0.451 e. The predicted molar refractivity (Wildman–Crippen MR) is 73.1 cm³/mol. The van der Waals surface area contributed by atoms with E-state index < -0.39 is 0 Å². The van der Waals surface area contributed by atoms with Gasteiger partial charge in [0.25, 0.3) is 0 Å². The first-order valence-corrected chi connectivity index (χ1v) is 6.41. The van der Waals surface area contributed by atoms with Crippen LogP contribution in [-0.4, -0.2) is 32.2 Å². The summed E-state index contributed by atoms with van der Waals surface area (Å²) in [6.07, 6.45) is 8.73. The number of likely N-dealkylation sites (N-methyl/N-ethyl adjacent to an activating group) is 2. The van der Waals surface area contributed by atoms with Crippen LogP contribution in [0.3, 0.4) is 0 Å². The van der Waals surface area contributed by atoms with E-state index in [-0.39, 0.29) is 12.1 Å². The maximum atomic E-state index is 11.7. The monoisotopic (exact) mass is 250 g/mol. The van der Waals surface area contributed by atoms with Crippen LogP contribution >= 0.6 is 0 Å². The van der Waals surface area contributed by atoms with Crippen LogP contribution in [0.4, 0.5) is 0 Å². The maximum Gasteiger partial charge on any atom is 0.355 e. The molecule has 4 heteroatoms. The third kappa shape index (κ3) is 3.74. The van der Waals surface area contributed by atoms with Crippen LogP contribution in [0.15, 0.2) is 35.6 Å². The summed E-state index contributed by atoms with van der Waals surface area (Å²) in [5.41, 5.74) is 1.50. The number of esters is 1. The molecule has 0 aromatic rings. The zero-order chi connectivity index (χ0) is 13.4. The molecule has 1 rings (SSSR count). The third-order valence-electron chi connectivity index (χ3n) is 2.59. The molecule has 0 saturated carbocycles. The minimum atomic E-state index is -0.267. The van der Waals surface area contributed by atoms with Gasteiger partial charge in [-0.1, -0.05) is 31.2 Å². The number of hydrogen-bond donors (Lipinski definition) is 2. The van der Waals surface area contributed by atoms with Crippen molar-refractivity contribution in [2.75, 3.05) is 20.1 Å². The van der Waals surface area contributed by atoms with Gasteiger partial charge in [0.15, 0.2) is 0 Å². The Balaban J connectivity index is 2.89. The molecule has 0 amide bonds. The molecule has 18 heavy (non-hydrogen) atoms. The van der Waals surface area contributed by atoms with Crippen molar-refractivity contribution in [3.05, 3.63) is 35.6 Å². The molecule has 100 valence electrons. The molecule has 1 heterocycles. The lowest BCUT2D eigenvalue weighted by Gasteiger charge is -2.10. The third-order valence-corrected chi connectivity index (χ3v) is 2.59. The van der Waals surface area contributed by atoms with E-state index in [1.807, 2.05) is 32.2 Å². The summed E-state index contributed by atoms with van der Waals surface area (Å²) in [4.78, 5) is 11.7. The Morgan fingerprint density at radius 3 is 2.72 bits per heavy atom. The molecule has 1 aliphatic heterocycles. The molecule has 0 spiro atoms. The van der Waals surface area contributed by atoms with Gasteiger partial charge in [-0.15, -0.1) is 0 Å². The number of nitrogens with one attached hydrogen (secondary N) is 2. The summed E-state index contributed by atoms with van der Waals surface area (Å²) in [6.45, 7) is 5.38. The highest BCUT2D eigenvalue weighted by atomic mass is 16.5. The van der Waals surface area contributed by atoms with Crippen LogP contribution in [0.2, 0.25) is 0 Å². The van der Waals surface area contributed by atoms with Crippen molar-refractivity contribution in [3.8, 4) is 0 Å². The average molecular weight is 250 g/mol. The Kier molecular flexibility index (Phi) is 6.22. The highest BCUT2D eigenvalue weighted by molar-refractivity contribution is 5.92. The summed E-state index contributed by atoms with van der Waals surface area (Å²) in [5.74, 6) is -0.267. The first-order chi connectivity index (χ1) is 8.74. The van der Waals surface area contributed by atoms with Crippen molar-refractivity contribution in [2.24, 2.45) is 0 Å². The lowest BCUT2D eigenvalue weighted by molar-refractivity contribution is -0.139. The van der Waals surface area contributed by atoms with Crippen LogP contribution < -0.4 is 10.6 Å². The number of ether oxygens (including phenoxy) is 1. The Hall–Kier alpha value is -1.55. The van der Waals surface area contributed by atoms with E-state index >= 15 is 0 Å². The first kappa shape index (κ1) is 14.5. The first-order valence-electron chi connectivity index (χ1n) is 6.41. The highest BCUT2D eigenvalue weighted by Gasteiger charge is 2.31. The van der Waals surface area contributed by atoms with E-state index in [0.717, 1.165) is 12.0 Å².